The van der Waals surface area contributed by atoms with Crippen molar-refractivity contribution in [2.45, 2.75) is 84.2 Å². The minimum atomic E-state index is -0.247. The van der Waals surface area contributed by atoms with Crippen LogP contribution >= 0.6 is 0 Å². The van der Waals surface area contributed by atoms with Crippen LogP contribution in [-0.4, -0.2) is 17.0 Å². The van der Waals surface area contributed by atoms with Gasteiger partial charge in [0.2, 0.25) is 0 Å². The number of fused-ring (bicyclic) bond motifs is 5. The van der Waals surface area contributed by atoms with Crippen LogP contribution in [0, 0.1) is 23.2 Å². The van der Waals surface area contributed by atoms with Crippen molar-refractivity contribution < 1.29 is 9.90 Å². The molecular weight excluding hydrogens is 392 g/mol. The van der Waals surface area contributed by atoms with Gasteiger partial charge in [-0.05, 0) is 109 Å². The second-order valence-electron chi connectivity index (χ2n) is 11.1. The summed E-state index contributed by atoms with van der Waals surface area (Å²) >= 11 is 0. The maximum atomic E-state index is 11.8. The molecule has 0 heterocycles. The Morgan fingerprint density at radius 2 is 1.97 bits per heavy atom. The summed E-state index contributed by atoms with van der Waals surface area (Å²) in [5.74, 6) is 2.37. The van der Waals surface area contributed by atoms with Crippen molar-refractivity contribution in [2.24, 2.45) is 23.2 Å². The van der Waals surface area contributed by atoms with Crippen LogP contribution in [0.2, 0.25) is 0 Å². The number of carbonyl (C=O) groups is 1. The largest absolute Gasteiger partial charge is 0.392 e. The lowest BCUT2D eigenvalue weighted by Gasteiger charge is -2.50. The molecule has 170 valence electrons. The van der Waals surface area contributed by atoms with Gasteiger partial charge in [-0.15, -0.1) is 0 Å². The van der Waals surface area contributed by atoms with Crippen molar-refractivity contribution >= 4 is 5.78 Å². The number of Topliss-reactive ketones (excluding diaryl/α,β-unsaturated/α-hetero) is 1. The minimum absolute atomic E-state index is 0.0314. The van der Waals surface area contributed by atoms with Crippen LogP contribution in [0.3, 0.4) is 0 Å². The van der Waals surface area contributed by atoms with Gasteiger partial charge in [-0.3, -0.25) is 4.79 Å². The SMILES string of the molecule is CCCc1ccc2c(c1)CCC1C2CC[C@@]2(C)C1C[C@H](Cc1cccc(C(C)=O)c1)[C@@H]2O. The van der Waals surface area contributed by atoms with Crippen molar-refractivity contribution in [3.05, 3.63) is 70.3 Å². The van der Waals surface area contributed by atoms with Gasteiger partial charge in [0, 0.05) is 5.56 Å². The van der Waals surface area contributed by atoms with E-state index in [4.69, 9.17) is 0 Å². The van der Waals surface area contributed by atoms with Crippen molar-refractivity contribution in [3.63, 3.8) is 0 Å². The van der Waals surface area contributed by atoms with E-state index < -0.39 is 0 Å². The lowest BCUT2D eigenvalue weighted by molar-refractivity contribution is -0.0325. The zero-order valence-electron chi connectivity index (χ0n) is 19.9. The van der Waals surface area contributed by atoms with Gasteiger partial charge in [0.05, 0.1) is 6.10 Å². The first kappa shape index (κ1) is 21.9. The Hall–Kier alpha value is -1.93. The molecule has 2 saturated carbocycles. The van der Waals surface area contributed by atoms with E-state index in [0.29, 0.717) is 23.7 Å². The van der Waals surface area contributed by atoms with E-state index in [1.165, 1.54) is 43.2 Å². The molecule has 32 heavy (non-hydrogen) atoms. The summed E-state index contributed by atoms with van der Waals surface area (Å²) in [6.07, 6.45) is 8.94. The Morgan fingerprint density at radius 1 is 1.12 bits per heavy atom. The Balaban J connectivity index is 1.38. The molecule has 0 amide bonds. The summed E-state index contributed by atoms with van der Waals surface area (Å²) in [6.45, 7) is 6.26. The summed E-state index contributed by atoms with van der Waals surface area (Å²) in [5.41, 5.74) is 6.70. The van der Waals surface area contributed by atoms with Crippen LogP contribution < -0.4 is 0 Å². The molecule has 2 fully saturated rings. The van der Waals surface area contributed by atoms with Gasteiger partial charge in [0.1, 0.15) is 0 Å². The zero-order chi connectivity index (χ0) is 22.5. The number of aliphatic hydroxyl groups is 1. The molecule has 3 unspecified atom stereocenters. The Labute approximate surface area is 193 Å². The Kier molecular flexibility index (Phi) is 5.78. The molecule has 2 aromatic carbocycles. The fourth-order valence-electron chi connectivity index (χ4n) is 7.65. The van der Waals surface area contributed by atoms with Gasteiger partial charge in [-0.25, -0.2) is 0 Å². The van der Waals surface area contributed by atoms with Gasteiger partial charge in [-0.1, -0.05) is 56.7 Å². The normalized spacial score (nSPS) is 33.3. The van der Waals surface area contributed by atoms with Crippen LogP contribution in [0.25, 0.3) is 0 Å². The van der Waals surface area contributed by atoms with E-state index in [1.54, 1.807) is 18.1 Å². The highest BCUT2D eigenvalue weighted by molar-refractivity contribution is 5.94. The van der Waals surface area contributed by atoms with Gasteiger partial charge in [0.15, 0.2) is 5.78 Å². The number of aliphatic hydroxyl groups excluding tert-OH is 1. The smallest absolute Gasteiger partial charge is 0.159 e. The molecule has 0 radical (unpaired) electrons. The van der Waals surface area contributed by atoms with Gasteiger partial charge >= 0.3 is 0 Å². The van der Waals surface area contributed by atoms with Crippen LogP contribution in [-0.2, 0) is 19.3 Å². The van der Waals surface area contributed by atoms with Crippen molar-refractivity contribution in [1.82, 2.24) is 0 Å². The first-order chi connectivity index (χ1) is 15.4. The summed E-state index contributed by atoms with van der Waals surface area (Å²) in [4.78, 5) is 11.8. The fraction of sp³-hybridized carbons (Fsp3) is 0.567. The van der Waals surface area contributed by atoms with Gasteiger partial charge in [0.25, 0.3) is 0 Å². The number of aryl methyl sites for hydroxylation is 2. The molecule has 2 nitrogen and oxygen atoms in total. The third-order valence-electron chi connectivity index (χ3n) is 9.28. The predicted octanol–water partition coefficient (Wildman–Crippen LogP) is 6.53. The van der Waals surface area contributed by atoms with Crippen molar-refractivity contribution in [2.75, 3.05) is 0 Å². The topological polar surface area (TPSA) is 37.3 Å². The third-order valence-corrected chi connectivity index (χ3v) is 9.28. The van der Waals surface area contributed by atoms with E-state index >= 15 is 0 Å². The molecule has 6 atom stereocenters. The lowest BCUT2D eigenvalue weighted by Crippen LogP contribution is -2.44. The molecule has 0 aliphatic heterocycles. The first-order valence-corrected chi connectivity index (χ1v) is 12.8. The molecule has 0 saturated heterocycles. The number of benzene rings is 2. The average molecular weight is 431 g/mol. The van der Waals surface area contributed by atoms with E-state index in [0.717, 1.165) is 24.8 Å². The molecule has 0 bridgehead atoms. The predicted molar refractivity (Wildman–Crippen MR) is 130 cm³/mol. The average Bonchev–Trinajstić information content (AvgIpc) is 3.04. The number of hydrogen-bond acceptors (Lipinski definition) is 2. The van der Waals surface area contributed by atoms with E-state index in [2.05, 4.69) is 38.1 Å². The summed E-state index contributed by atoms with van der Waals surface area (Å²) < 4.78 is 0. The Bertz CT molecular complexity index is 1010. The number of hydrogen-bond donors (Lipinski definition) is 1. The maximum absolute atomic E-state index is 11.8. The van der Waals surface area contributed by atoms with Gasteiger partial charge in [-0.2, -0.15) is 0 Å². The number of ketones is 1. The standard InChI is InChI=1S/C30H38O2/c1-4-6-20-9-11-25-23(15-20)10-12-27-26(25)13-14-30(3)28(27)18-24(29(30)32)17-21-7-5-8-22(16-21)19(2)31/h5,7-9,11,15-16,24,26-29,32H,4,6,10,12-14,17-18H2,1-3H3/t24-,26?,27?,28?,29-,30-/m0/s1. The van der Waals surface area contributed by atoms with Gasteiger partial charge < -0.3 is 5.11 Å². The highest BCUT2D eigenvalue weighted by Gasteiger charge is 2.57. The van der Waals surface area contributed by atoms with Crippen molar-refractivity contribution in [1.29, 1.82) is 0 Å². The zero-order valence-corrected chi connectivity index (χ0v) is 19.9. The minimum Gasteiger partial charge on any atom is -0.392 e. The number of carbonyl (C=O) groups excluding carboxylic acids is 1. The second kappa shape index (κ2) is 8.45. The van der Waals surface area contributed by atoms with Crippen molar-refractivity contribution in [3.8, 4) is 0 Å². The highest BCUT2D eigenvalue weighted by Crippen LogP contribution is 2.62. The Morgan fingerprint density at radius 3 is 2.75 bits per heavy atom. The van der Waals surface area contributed by atoms with Crippen LogP contribution in [0.5, 0.6) is 0 Å². The summed E-state index contributed by atoms with van der Waals surface area (Å²) in [7, 11) is 0. The summed E-state index contributed by atoms with van der Waals surface area (Å²) in [5, 5.41) is 11.5. The number of rotatable bonds is 5. The molecule has 5 rings (SSSR count). The molecule has 0 spiro atoms. The molecule has 0 aromatic heterocycles. The summed E-state index contributed by atoms with van der Waals surface area (Å²) in [6, 6.07) is 15.3. The fourth-order valence-corrected chi connectivity index (χ4v) is 7.65. The molecule has 1 N–H and O–H groups in total. The molecule has 3 aliphatic rings. The van der Waals surface area contributed by atoms with Crippen LogP contribution in [0.15, 0.2) is 42.5 Å². The highest BCUT2D eigenvalue weighted by atomic mass is 16.3. The quantitative estimate of drug-likeness (QED) is 0.548. The molecule has 2 aromatic rings. The van der Waals surface area contributed by atoms with E-state index in [-0.39, 0.29) is 17.3 Å². The second-order valence-corrected chi connectivity index (χ2v) is 11.1. The monoisotopic (exact) mass is 430 g/mol. The third kappa shape index (κ3) is 3.65. The molecule has 3 aliphatic carbocycles. The lowest BCUT2D eigenvalue weighted by atomic mass is 9.55. The molecule has 2 heteroatoms. The maximum Gasteiger partial charge on any atom is 0.159 e. The van der Waals surface area contributed by atoms with E-state index in [9.17, 15) is 9.90 Å². The van der Waals surface area contributed by atoms with Crippen LogP contribution in [0.4, 0.5) is 0 Å². The first-order valence-electron chi connectivity index (χ1n) is 12.8. The van der Waals surface area contributed by atoms with Crippen LogP contribution in [0.1, 0.15) is 91.4 Å². The molecular formula is C30H38O2. The van der Waals surface area contributed by atoms with E-state index in [1.807, 2.05) is 18.2 Å².